The van der Waals surface area contributed by atoms with Crippen LogP contribution in [0, 0.1) is 0 Å². The number of carbonyl (C=O) groups excluding carboxylic acids is 1. The van der Waals surface area contributed by atoms with Gasteiger partial charge < -0.3 is 9.73 Å². The minimum absolute atomic E-state index is 0.0741. The van der Waals surface area contributed by atoms with Crippen molar-refractivity contribution in [3.63, 3.8) is 0 Å². The molecule has 0 saturated carbocycles. The molecule has 1 aromatic carbocycles. The van der Waals surface area contributed by atoms with E-state index < -0.39 is 0 Å². The van der Waals surface area contributed by atoms with Crippen molar-refractivity contribution >= 4 is 16.9 Å². The van der Waals surface area contributed by atoms with E-state index >= 15 is 0 Å². The Morgan fingerprint density at radius 2 is 2.00 bits per heavy atom. The molecule has 0 spiro atoms. The number of carbonyl (C=O) groups is 1. The first-order valence-corrected chi connectivity index (χ1v) is 7.98. The van der Waals surface area contributed by atoms with E-state index in [4.69, 9.17) is 4.42 Å². The van der Waals surface area contributed by atoms with Crippen LogP contribution in [-0.4, -0.2) is 61.0 Å². The highest BCUT2D eigenvalue weighted by Gasteiger charge is 2.31. The molecule has 0 radical (unpaired) electrons. The van der Waals surface area contributed by atoms with Crippen LogP contribution in [-0.2, 0) is 0 Å². The Balaban J connectivity index is 1.48. The normalized spacial score (nSPS) is 26.3. The maximum atomic E-state index is 12.3. The summed E-state index contributed by atoms with van der Waals surface area (Å²) in [6, 6.07) is 8.58. The Bertz CT molecular complexity index is 793. The molecule has 1 amide bonds. The van der Waals surface area contributed by atoms with E-state index in [0.29, 0.717) is 23.6 Å². The second-order valence-electron chi connectivity index (χ2n) is 6.17. The third kappa shape index (κ3) is 2.75. The van der Waals surface area contributed by atoms with Crippen LogP contribution in [0.4, 0.5) is 0 Å². The molecule has 4 heterocycles. The SMILES string of the molecule is O=C(NCC1CN2CCN1CC2)c1cc(=O)c2ccccc2o1. The molecule has 2 bridgehead atoms. The van der Waals surface area contributed by atoms with E-state index in [9.17, 15) is 9.59 Å². The smallest absolute Gasteiger partial charge is 0.287 e. The molecule has 6 heteroatoms. The number of fused-ring (bicyclic) bond motifs is 4. The van der Waals surface area contributed by atoms with Crippen LogP contribution in [0.1, 0.15) is 10.6 Å². The van der Waals surface area contributed by atoms with Crippen molar-refractivity contribution in [3.05, 3.63) is 46.3 Å². The highest BCUT2D eigenvalue weighted by atomic mass is 16.3. The van der Waals surface area contributed by atoms with Gasteiger partial charge in [-0.2, -0.15) is 0 Å². The second-order valence-corrected chi connectivity index (χ2v) is 6.17. The van der Waals surface area contributed by atoms with Gasteiger partial charge in [-0.05, 0) is 12.1 Å². The molecule has 3 saturated heterocycles. The maximum absolute atomic E-state index is 12.3. The number of amides is 1. The molecule has 0 aliphatic carbocycles. The molecule has 1 N–H and O–H groups in total. The van der Waals surface area contributed by atoms with Gasteiger partial charge in [-0.25, -0.2) is 0 Å². The molecule has 3 aliphatic rings. The van der Waals surface area contributed by atoms with Crippen molar-refractivity contribution in [3.8, 4) is 0 Å². The van der Waals surface area contributed by atoms with E-state index in [1.807, 2.05) is 0 Å². The zero-order chi connectivity index (χ0) is 15.8. The molecule has 5 rings (SSSR count). The van der Waals surface area contributed by atoms with Gasteiger partial charge in [0.15, 0.2) is 11.2 Å². The van der Waals surface area contributed by atoms with Gasteiger partial charge in [0.1, 0.15) is 5.58 Å². The summed E-state index contributed by atoms with van der Waals surface area (Å²) in [5, 5.41) is 3.40. The molecule has 3 fully saturated rings. The van der Waals surface area contributed by atoms with E-state index in [0.717, 1.165) is 32.7 Å². The molecule has 2 aromatic rings. The number of nitrogens with zero attached hydrogens (tertiary/aromatic N) is 2. The second kappa shape index (κ2) is 5.79. The van der Waals surface area contributed by atoms with Gasteiger partial charge in [-0.3, -0.25) is 19.4 Å². The number of benzene rings is 1. The first kappa shape index (κ1) is 14.4. The van der Waals surface area contributed by atoms with Crippen LogP contribution in [0.3, 0.4) is 0 Å². The van der Waals surface area contributed by atoms with Crippen LogP contribution >= 0.6 is 0 Å². The zero-order valence-electron chi connectivity index (χ0n) is 12.8. The minimum atomic E-state index is -0.328. The number of nitrogens with one attached hydrogen (secondary N) is 1. The van der Waals surface area contributed by atoms with Gasteiger partial charge >= 0.3 is 0 Å². The van der Waals surface area contributed by atoms with Crippen LogP contribution in [0.25, 0.3) is 11.0 Å². The van der Waals surface area contributed by atoms with Crippen molar-refractivity contribution in [2.75, 3.05) is 39.3 Å². The summed E-state index contributed by atoms with van der Waals surface area (Å²) in [5.41, 5.74) is 0.250. The third-order valence-electron chi connectivity index (χ3n) is 4.75. The van der Waals surface area contributed by atoms with Crippen LogP contribution in [0.5, 0.6) is 0 Å². The first-order chi connectivity index (χ1) is 11.2. The van der Waals surface area contributed by atoms with Crippen molar-refractivity contribution < 1.29 is 9.21 Å². The Morgan fingerprint density at radius 3 is 2.74 bits per heavy atom. The minimum Gasteiger partial charge on any atom is -0.451 e. The summed E-state index contributed by atoms with van der Waals surface area (Å²) in [6.45, 7) is 5.92. The topological polar surface area (TPSA) is 65.8 Å². The molecule has 1 atom stereocenters. The summed E-state index contributed by atoms with van der Waals surface area (Å²) in [4.78, 5) is 29.2. The fraction of sp³-hybridized carbons (Fsp3) is 0.412. The van der Waals surface area contributed by atoms with Gasteiger partial charge in [-0.15, -0.1) is 0 Å². The number of para-hydroxylation sites is 1. The summed E-state index contributed by atoms with van der Waals surface area (Å²) in [5.74, 6) is -0.254. The van der Waals surface area contributed by atoms with Crippen molar-refractivity contribution in [1.82, 2.24) is 15.1 Å². The Morgan fingerprint density at radius 1 is 1.22 bits per heavy atom. The number of hydrogen-bond donors (Lipinski definition) is 1. The van der Waals surface area contributed by atoms with Gasteiger partial charge in [0.05, 0.1) is 5.39 Å². The standard InChI is InChI=1S/C17H19N3O3/c21-14-9-16(23-15-4-2-1-3-13(14)15)17(22)18-10-12-11-19-5-7-20(12)8-6-19/h1-4,9,12H,5-8,10-11H2,(H,18,22). The lowest BCUT2D eigenvalue weighted by molar-refractivity contribution is 0.0137. The number of hydrogen-bond acceptors (Lipinski definition) is 5. The molecule has 3 aliphatic heterocycles. The van der Waals surface area contributed by atoms with E-state index in [2.05, 4.69) is 15.1 Å². The molecular weight excluding hydrogens is 294 g/mol. The predicted molar refractivity (Wildman–Crippen MR) is 86.6 cm³/mol. The number of rotatable bonds is 3. The third-order valence-corrected chi connectivity index (χ3v) is 4.75. The van der Waals surface area contributed by atoms with Gasteiger partial charge in [-0.1, -0.05) is 12.1 Å². The predicted octanol–water partition coefficient (Wildman–Crippen LogP) is 0.523. The summed E-state index contributed by atoms with van der Waals surface area (Å²) < 4.78 is 5.57. The molecule has 120 valence electrons. The quantitative estimate of drug-likeness (QED) is 0.895. The van der Waals surface area contributed by atoms with Crippen molar-refractivity contribution in [2.24, 2.45) is 0 Å². The highest BCUT2D eigenvalue weighted by Crippen LogP contribution is 2.15. The molecular formula is C17H19N3O3. The van der Waals surface area contributed by atoms with Crippen molar-refractivity contribution in [1.29, 1.82) is 0 Å². The summed E-state index contributed by atoms with van der Waals surface area (Å²) in [7, 11) is 0. The summed E-state index contributed by atoms with van der Waals surface area (Å²) >= 11 is 0. The lowest BCUT2D eigenvalue weighted by atomic mass is 10.1. The van der Waals surface area contributed by atoms with E-state index in [1.165, 1.54) is 6.07 Å². The van der Waals surface area contributed by atoms with Crippen LogP contribution in [0.2, 0.25) is 0 Å². The first-order valence-electron chi connectivity index (χ1n) is 7.98. The van der Waals surface area contributed by atoms with Crippen LogP contribution < -0.4 is 10.7 Å². The molecule has 1 unspecified atom stereocenters. The largest absolute Gasteiger partial charge is 0.451 e. The molecule has 1 aromatic heterocycles. The number of piperazine rings is 3. The Kier molecular flexibility index (Phi) is 3.63. The van der Waals surface area contributed by atoms with Crippen LogP contribution in [0.15, 0.2) is 39.5 Å². The maximum Gasteiger partial charge on any atom is 0.287 e. The summed E-state index contributed by atoms with van der Waals surface area (Å²) in [6.07, 6.45) is 0. The van der Waals surface area contributed by atoms with E-state index in [1.54, 1.807) is 24.3 Å². The molecule has 6 nitrogen and oxygen atoms in total. The van der Waals surface area contributed by atoms with E-state index in [-0.39, 0.29) is 17.1 Å². The monoisotopic (exact) mass is 313 g/mol. The lowest BCUT2D eigenvalue weighted by Gasteiger charge is -2.47. The Labute approximate surface area is 133 Å². The van der Waals surface area contributed by atoms with Gasteiger partial charge in [0.25, 0.3) is 5.91 Å². The van der Waals surface area contributed by atoms with Gasteiger partial charge in [0, 0.05) is 51.4 Å². The van der Waals surface area contributed by atoms with Crippen molar-refractivity contribution in [2.45, 2.75) is 6.04 Å². The Hall–Kier alpha value is -2.18. The lowest BCUT2D eigenvalue weighted by Crippen LogP contribution is -2.63. The average Bonchev–Trinajstić information content (AvgIpc) is 2.60. The average molecular weight is 313 g/mol. The highest BCUT2D eigenvalue weighted by molar-refractivity contribution is 5.93. The fourth-order valence-corrected chi connectivity index (χ4v) is 3.43. The van der Waals surface area contributed by atoms with Gasteiger partial charge in [0.2, 0.25) is 0 Å². The fourth-order valence-electron chi connectivity index (χ4n) is 3.43. The molecule has 23 heavy (non-hydrogen) atoms. The zero-order valence-corrected chi connectivity index (χ0v) is 12.8.